The summed E-state index contributed by atoms with van der Waals surface area (Å²) in [6, 6.07) is 9.80. The fraction of sp³-hybridized carbons (Fsp3) is 0.250. The fourth-order valence-corrected chi connectivity index (χ4v) is 7.87. The van der Waals surface area contributed by atoms with E-state index in [2.05, 4.69) is 5.32 Å². The lowest BCUT2D eigenvalue weighted by atomic mass is 9.76. The first-order valence-corrected chi connectivity index (χ1v) is 13.2. The molecule has 5 rings (SSSR count). The van der Waals surface area contributed by atoms with E-state index in [0.29, 0.717) is 26.3 Å². The van der Waals surface area contributed by atoms with Crippen LogP contribution in [0, 0.1) is 11.7 Å². The number of benzene rings is 2. The van der Waals surface area contributed by atoms with E-state index in [9.17, 15) is 23.6 Å². The van der Waals surface area contributed by atoms with Crippen molar-refractivity contribution in [1.29, 1.82) is 0 Å². The Kier molecular flexibility index (Phi) is 6.27. The zero-order valence-corrected chi connectivity index (χ0v) is 22.0. The average molecular weight is 566 g/mol. The summed E-state index contributed by atoms with van der Waals surface area (Å²) in [5, 5.41) is 3.01. The molecule has 1 fully saturated rings. The predicted molar refractivity (Wildman–Crippen MR) is 139 cm³/mol. The van der Waals surface area contributed by atoms with Gasteiger partial charge in [0.25, 0.3) is 0 Å². The van der Waals surface area contributed by atoms with Gasteiger partial charge >= 0.3 is 4.87 Å². The molecule has 2 atom stereocenters. The van der Waals surface area contributed by atoms with Crippen LogP contribution in [0.1, 0.15) is 18.7 Å². The second kappa shape index (κ2) is 9.02. The number of fused-ring (bicyclic) bond motifs is 2. The smallest absolute Gasteiger partial charge is 0.308 e. The average Bonchev–Trinajstić information content (AvgIpc) is 3.26. The zero-order chi connectivity index (χ0) is 25.9. The molecule has 1 aromatic heterocycles. The summed E-state index contributed by atoms with van der Waals surface area (Å²) in [5.74, 6) is -2.49. The molecule has 1 N–H and O–H groups in total. The van der Waals surface area contributed by atoms with Crippen LogP contribution >= 0.6 is 46.3 Å². The summed E-state index contributed by atoms with van der Waals surface area (Å²) >= 11 is 14.0. The van der Waals surface area contributed by atoms with Gasteiger partial charge in [0, 0.05) is 16.0 Å². The zero-order valence-electron chi connectivity index (χ0n) is 18.9. The van der Waals surface area contributed by atoms with Crippen molar-refractivity contribution in [2.45, 2.75) is 36.1 Å². The number of thioether (sulfide) groups is 1. The maximum atomic E-state index is 13.4. The first-order valence-electron chi connectivity index (χ1n) is 10.8. The molecule has 3 heterocycles. The number of nitrogens with one attached hydrogen (secondary N) is 1. The summed E-state index contributed by atoms with van der Waals surface area (Å²) in [6.45, 7) is 3.35. The number of aromatic nitrogens is 1. The van der Waals surface area contributed by atoms with Crippen molar-refractivity contribution in [2.75, 3.05) is 10.2 Å². The van der Waals surface area contributed by atoms with Crippen LogP contribution in [0.15, 0.2) is 52.3 Å². The Labute approximate surface area is 223 Å². The molecule has 3 aromatic rings. The van der Waals surface area contributed by atoms with Crippen molar-refractivity contribution >= 4 is 75.4 Å². The van der Waals surface area contributed by atoms with Gasteiger partial charge in [0.05, 0.1) is 26.7 Å². The minimum atomic E-state index is -0.845. The number of hydrogen-bond acceptors (Lipinski definition) is 6. The normalized spacial score (nSPS) is 20.3. The first kappa shape index (κ1) is 25.0. The van der Waals surface area contributed by atoms with Crippen molar-refractivity contribution in [3.05, 3.63) is 72.9 Å². The van der Waals surface area contributed by atoms with Crippen LogP contribution in [0.5, 0.6) is 0 Å². The molecule has 0 aliphatic carbocycles. The number of carbonyl (C=O) groups is 3. The second-order valence-corrected chi connectivity index (χ2v) is 11.9. The van der Waals surface area contributed by atoms with Crippen molar-refractivity contribution in [1.82, 2.24) is 4.57 Å². The van der Waals surface area contributed by atoms with E-state index in [-0.39, 0.29) is 16.4 Å². The molecule has 0 radical (unpaired) electrons. The highest BCUT2D eigenvalue weighted by atomic mass is 35.5. The third-order valence-corrected chi connectivity index (χ3v) is 9.86. The molecule has 2 aliphatic heterocycles. The third-order valence-electron chi connectivity index (χ3n) is 6.29. The molecule has 0 spiro atoms. The molecule has 2 aliphatic rings. The van der Waals surface area contributed by atoms with Gasteiger partial charge in [-0.2, -0.15) is 0 Å². The SMILES string of the molecule is CC1(C)c2sc(=O)n(CC(=O)Nc3ccc(Cl)c(Cl)c3)c2S[C@@H]2C(=O)N(c3ccc(F)cc3)C(=O)[C@@H]21. The number of amides is 3. The van der Waals surface area contributed by atoms with Crippen LogP contribution in [0.2, 0.25) is 10.0 Å². The van der Waals surface area contributed by atoms with E-state index < -0.39 is 40.1 Å². The first-order chi connectivity index (χ1) is 17.0. The van der Waals surface area contributed by atoms with Gasteiger partial charge in [-0.1, -0.05) is 60.1 Å². The van der Waals surface area contributed by atoms with Gasteiger partial charge in [-0.3, -0.25) is 23.7 Å². The van der Waals surface area contributed by atoms with Crippen LogP contribution in [0.25, 0.3) is 0 Å². The molecule has 7 nitrogen and oxygen atoms in total. The van der Waals surface area contributed by atoms with Crippen molar-refractivity contribution in [3.8, 4) is 0 Å². The van der Waals surface area contributed by atoms with Crippen LogP contribution in [0.3, 0.4) is 0 Å². The Hall–Kier alpha value is -2.66. The van der Waals surface area contributed by atoms with Gasteiger partial charge in [0.15, 0.2) is 0 Å². The molecule has 1 saturated heterocycles. The van der Waals surface area contributed by atoms with Crippen LogP contribution in [-0.4, -0.2) is 27.5 Å². The molecule has 2 aromatic carbocycles. The van der Waals surface area contributed by atoms with Gasteiger partial charge < -0.3 is 5.32 Å². The molecule has 12 heteroatoms. The van der Waals surface area contributed by atoms with E-state index >= 15 is 0 Å². The Morgan fingerprint density at radius 2 is 1.75 bits per heavy atom. The quantitative estimate of drug-likeness (QED) is 0.453. The van der Waals surface area contributed by atoms with Gasteiger partial charge in [-0.05, 0) is 42.5 Å². The summed E-state index contributed by atoms with van der Waals surface area (Å²) in [5.41, 5.74) is -0.132. The number of imide groups is 1. The molecule has 0 saturated carbocycles. The lowest BCUT2D eigenvalue weighted by Crippen LogP contribution is -2.41. The molecule has 0 bridgehead atoms. The standard InChI is InChI=1S/C24H18Cl2FN3O4S2/c1-24(2)17-18(21(33)30(20(17)32)13-6-3-11(27)4-7-13)35-22-19(24)36-23(34)29(22)10-16(31)28-12-5-8-14(25)15(26)9-12/h3-9,17-18H,10H2,1-2H3,(H,28,31)/t17-,18+/m1/s1. The van der Waals surface area contributed by atoms with E-state index in [4.69, 9.17) is 23.2 Å². The largest absolute Gasteiger partial charge is 0.324 e. The summed E-state index contributed by atoms with van der Waals surface area (Å²) in [4.78, 5) is 53.8. The lowest BCUT2D eigenvalue weighted by Gasteiger charge is -2.36. The van der Waals surface area contributed by atoms with E-state index in [1.807, 2.05) is 13.8 Å². The summed E-state index contributed by atoms with van der Waals surface area (Å²) in [6.07, 6.45) is 0. The Balaban J connectivity index is 1.46. The molecule has 0 unspecified atom stereocenters. The fourth-order valence-electron chi connectivity index (χ4n) is 4.53. The van der Waals surface area contributed by atoms with Crippen molar-refractivity contribution in [2.24, 2.45) is 5.92 Å². The van der Waals surface area contributed by atoms with Crippen molar-refractivity contribution in [3.63, 3.8) is 0 Å². The Morgan fingerprint density at radius 1 is 1.06 bits per heavy atom. The number of thiazole rings is 1. The van der Waals surface area contributed by atoms with E-state index in [0.717, 1.165) is 28.0 Å². The third kappa shape index (κ3) is 4.06. The molecule has 36 heavy (non-hydrogen) atoms. The molecular formula is C24H18Cl2FN3O4S2. The minimum absolute atomic E-state index is 0.276. The van der Waals surface area contributed by atoms with Crippen molar-refractivity contribution < 1.29 is 18.8 Å². The number of rotatable bonds is 4. The van der Waals surface area contributed by atoms with Gasteiger partial charge in [0.2, 0.25) is 17.7 Å². The molecule has 3 amide bonds. The van der Waals surface area contributed by atoms with Crippen LogP contribution in [0.4, 0.5) is 15.8 Å². The summed E-state index contributed by atoms with van der Waals surface area (Å²) in [7, 11) is 0. The monoisotopic (exact) mass is 565 g/mol. The Morgan fingerprint density at radius 3 is 2.42 bits per heavy atom. The van der Waals surface area contributed by atoms with E-state index in [1.54, 1.807) is 12.1 Å². The summed E-state index contributed by atoms with van der Waals surface area (Å²) < 4.78 is 14.7. The molecular weight excluding hydrogens is 548 g/mol. The highest BCUT2D eigenvalue weighted by Crippen LogP contribution is 2.54. The highest BCUT2D eigenvalue weighted by molar-refractivity contribution is 8.00. The number of nitrogens with zero attached hydrogens (tertiary/aromatic N) is 2. The van der Waals surface area contributed by atoms with E-state index in [1.165, 1.54) is 34.9 Å². The highest BCUT2D eigenvalue weighted by Gasteiger charge is 2.59. The van der Waals surface area contributed by atoms with Crippen LogP contribution in [-0.2, 0) is 26.3 Å². The number of carbonyl (C=O) groups excluding carboxylic acids is 3. The number of halogens is 3. The lowest BCUT2D eigenvalue weighted by molar-refractivity contribution is -0.123. The van der Waals surface area contributed by atoms with Gasteiger partial charge in [-0.25, -0.2) is 9.29 Å². The second-order valence-electron chi connectivity index (χ2n) is 8.99. The number of anilines is 2. The van der Waals surface area contributed by atoms with Crippen LogP contribution < -0.4 is 15.1 Å². The maximum Gasteiger partial charge on any atom is 0.308 e. The van der Waals surface area contributed by atoms with Gasteiger partial charge in [0.1, 0.15) is 17.6 Å². The molecule has 186 valence electrons. The topological polar surface area (TPSA) is 88.5 Å². The predicted octanol–water partition coefficient (Wildman–Crippen LogP) is 4.94. The number of hydrogen-bond donors (Lipinski definition) is 1. The van der Waals surface area contributed by atoms with Gasteiger partial charge in [-0.15, -0.1) is 0 Å². The maximum absolute atomic E-state index is 13.4. The Bertz CT molecular complexity index is 1490. The minimum Gasteiger partial charge on any atom is -0.324 e.